The van der Waals surface area contributed by atoms with Crippen LogP contribution < -0.4 is 5.32 Å². The highest BCUT2D eigenvalue weighted by Gasteiger charge is 2.16. The lowest BCUT2D eigenvalue weighted by Gasteiger charge is -2.09. The number of H-pyrrole nitrogens is 1. The molecule has 0 saturated heterocycles. The number of fused-ring (bicyclic) bond motifs is 1. The zero-order valence-corrected chi connectivity index (χ0v) is 8.73. The minimum atomic E-state index is -0.928. The Morgan fingerprint density at radius 2 is 2.44 bits per heavy atom. The SMILES string of the molecule is [2H]CN[C@@H](Cc1c[nH]c2ccccc12)C(=O)O. The first kappa shape index (κ1) is 9.42. The van der Waals surface area contributed by atoms with Crippen molar-refractivity contribution in [3.05, 3.63) is 36.0 Å². The highest BCUT2D eigenvalue weighted by atomic mass is 16.4. The molecule has 0 saturated carbocycles. The molecule has 0 aliphatic rings. The van der Waals surface area contributed by atoms with Crippen molar-refractivity contribution >= 4 is 16.9 Å². The van der Waals surface area contributed by atoms with Crippen LogP contribution in [0.3, 0.4) is 0 Å². The van der Waals surface area contributed by atoms with E-state index in [2.05, 4.69) is 10.3 Å². The molecule has 3 N–H and O–H groups in total. The van der Waals surface area contributed by atoms with Crippen LogP contribution in [0.1, 0.15) is 6.93 Å². The third-order valence-corrected chi connectivity index (χ3v) is 2.64. The smallest absolute Gasteiger partial charge is 0.321 e. The second-order valence-corrected chi connectivity index (χ2v) is 3.66. The van der Waals surface area contributed by atoms with Crippen LogP contribution >= 0.6 is 0 Å². The van der Waals surface area contributed by atoms with E-state index in [0.29, 0.717) is 6.42 Å². The quantitative estimate of drug-likeness (QED) is 0.728. The number of para-hydroxylation sites is 1. The summed E-state index contributed by atoms with van der Waals surface area (Å²) in [5.41, 5.74) is 1.95. The number of rotatable bonds is 4. The lowest BCUT2D eigenvalue weighted by atomic mass is 10.1. The van der Waals surface area contributed by atoms with Gasteiger partial charge in [0.25, 0.3) is 0 Å². The molecule has 0 fully saturated rings. The summed E-state index contributed by atoms with van der Waals surface area (Å²) in [7, 11) is -0.0979. The van der Waals surface area contributed by atoms with Crippen LogP contribution in [0.2, 0.25) is 0 Å². The minimum Gasteiger partial charge on any atom is -0.480 e. The summed E-state index contributed by atoms with van der Waals surface area (Å²) in [4.78, 5) is 14.1. The molecular weight excluding hydrogens is 204 g/mol. The lowest BCUT2D eigenvalue weighted by molar-refractivity contribution is -0.139. The van der Waals surface area contributed by atoms with E-state index in [0.717, 1.165) is 16.5 Å². The number of benzene rings is 1. The normalized spacial score (nSPS) is 13.6. The van der Waals surface area contributed by atoms with E-state index in [9.17, 15) is 4.79 Å². The predicted molar refractivity (Wildman–Crippen MR) is 62.5 cm³/mol. The first-order valence-electron chi connectivity index (χ1n) is 5.73. The molecule has 0 aliphatic carbocycles. The first-order valence-corrected chi connectivity index (χ1v) is 5.03. The molecule has 2 rings (SSSR count). The summed E-state index contributed by atoms with van der Waals surface area (Å²) in [5, 5.41) is 12.7. The van der Waals surface area contributed by atoms with E-state index in [-0.39, 0.29) is 7.02 Å². The topological polar surface area (TPSA) is 65.1 Å². The third kappa shape index (κ3) is 1.92. The highest BCUT2D eigenvalue weighted by Crippen LogP contribution is 2.18. The van der Waals surface area contributed by atoms with Crippen molar-refractivity contribution in [1.29, 1.82) is 0 Å². The van der Waals surface area contributed by atoms with Gasteiger partial charge in [-0.15, -0.1) is 0 Å². The van der Waals surface area contributed by atoms with Crippen LogP contribution in [0.15, 0.2) is 30.5 Å². The van der Waals surface area contributed by atoms with Crippen LogP contribution in [0.5, 0.6) is 0 Å². The van der Waals surface area contributed by atoms with Crippen molar-refractivity contribution in [1.82, 2.24) is 10.3 Å². The average molecular weight is 219 g/mol. The Bertz CT molecular complexity index is 524. The molecule has 0 bridgehead atoms. The largest absolute Gasteiger partial charge is 0.480 e. The number of aromatic amines is 1. The maximum atomic E-state index is 11.0. The molecule has 4 heteroatoms. The van der Waals surface area contributed by atoms with Crippen LogP contribution in [0, 0.1) is 0 Å². The molecule has 16 heavy (non-hydrogen) atoms. The second-order valence-electron chi connectivity index (χ2n) is 3.66. The molecule has 2 aromatic rings. The molecule has 0 unspecified atom stereocenters. The summed E-state index contributed by atoms with van der Waals surface area (Å²) in [6.07, 6.45) is 2.20. The van der Waals surface area contributed by atoms with Gasteiger partial charge in [-0.3, -0.25) is 4.79 Å². The van der Waals surface area contributed by atoms with Gasteiger partial charge < -0.3 is 15.4 Å². The Balaban J connectivity index is 2.25. The number of aliphatic carboxylic acids is 1. The van der Waals surface area contributed by atoms with Crippen molar-refractivity contribution in [2.75, 3.05) is 7.02 Å². The van der Waals surface area contributed by atoms with Crippen LogP contribution in [-0.2, 0) is 11.2 Å². The van der Waals surface area contributed by atoms with Crippen LogP contribution in [0.4, 0.5) is 0 Å². The molecule has 1 aromatic heterocycles. The standard InChI is InChI=1S/C12H14N2O2/c1-13-11(12(15)16)6-8-7-14-10-5-3-2-4-9(8)10/h2-5,7,11,13-14H,6H2,1H3,(H,15,16)/t11-/m0/s1/i1D. The molecule has 0 radical (unpaired) electrons. The van der Waals surface area contributed by atoms with Gasteiger partial charge in [-0.05, 0) is 18.7 Å². The van der Waals surface area contributed by atoms with Gasteiger partial charge in [0.05, 0.1) is 0 Å². The zero-order valence-electron chi connectivity index (χ0n) is 9.73. The lowest BCUT2D eigenvalue weighted by Crippen LogP contribution is -2.35. The van der Waals surface area contributed by atoms with Crippen LogP contribution in [-0.4, -0.2) is 29.1 Å². The molecule has 4 nitrogen and oxygen atoms in total. The third-order valence-electron chi connectivity index (χ3n) is 2.64. The van der Waals surface area contributed by atoms with E-state index < -0.39 is 12.0 Å². The van der Waals surface area contributed by atoms with Gasteiger partial charge in [0.1, 0.15) is 6.04 Å². The molecule has 1 aromatic carbocycles. The van der Waals surface area contributed by atoms with Gasteiger partial charge in [0.15, 0.2) is 0 Å². The van der Waals surface area contributed by atoms with Gasteiger partial charge in [-0.25, -0.2) is 0 Å². The molecule has 1 atom stereocenters. The van der Waals surface area contributed by atoms with Gasteiger partial charge in [0, 0.05) is 24.9 Å². The molecule has 0 spiro atoms. The Labute approximate surface area is 94.7 Å². The number of nitrogens with one attached hydrogen (secondary N) is 2. The van der Waals surface area contributed by atoms with Crippen molar-refractivity contribution in [2.24, 2.45) is 0 Å². The zero-order chi connectivity index (χ0) is 12.3. The van der Waals surface area contributed by atoms with Gasteiger partial charge in [0.2, 0.25) is 0 Å². The van der Waals surface area contributed by atoms with Crippen molar-refractivity contribution < 1.29 is 11.3 Å². The molecule has 1 heterocycles. The van der Waals surface area contributed by atoms with Gasteiger partial charge in [-0.1, -0.05) is 18.2 Å². The van der Waals surface area contributed by atoms with Gasteiger partial charge in [-0.2, -0.15) is 0 Å². The minimum absolute atomic E-state index is 0.0979. The summed E-state index contributed by atoms with van der Waals surface area (Å²) in [6.45, 7) is 0. The van der Waals surface area contributed by atoms with Crippen molar-refractivity contribution in [3.63, 3.8) is 0 Å². The Morgan fingerprint density at radius 3 is 3.19 bits per heavy atom. The molecule has 0 amide bonds. The second kappa shape index (κ2) is 4.37. The fourth-order valence-corrected chi connectivity index (χ4v) is 1.77. The summed E-state index contributed by atoms with van der Waals surface area (Å²) >= 11 is 0. The van der Waals surface area contributed by atoms with Crippen molar-refractivity contribution in [2.45, 2.75) is 12.5 Å². The maximum absolute atomic E-state index is 11.0. The Morgan fingerprint density at radius 1 is 1.62 bits per heavy atom. The monoisotopic (exact) mass is 219 g/mol. The maximum Gasteiger partial charge on any atom is 0.321 e. The van der Waals surface area contributed by atoms with E-state index >= 15 is 0 Å². The van der Waals surface area contributed by atoms with E-state index in [1.807, 2.05) is 30.5 Å². The predicted octanol–water partition coefficient (Wildman–Crippen LogP) is 1.38. The number of aromatic nitrogens is 1. The fourth-order valence-electron chi connectivity index (χ4n) is 1.77. The molecule has 84 valence electrons. The summed E-state index contributed by atoms with van der Waals surface area (Å²) in [5.74, 6) is -0.928. The number of carbonyl (C=O) groups is 1. The first-order chi connectivity index (χ1) is 8.22. The number of hydrogen-bond donors (Lipinski definition) is 3. The van der Waals surface area contributed by atoms with Crippen molar-refractivity contribution in [3.8, 4) is 0 Å². The summed E-state index contributed by atoms with van der Waals surface area (Å²) < 4.78 is 7.04. The molecular formula is C12H14N2O2. The summed E-state index contributed by atoms with van der Waals surface area (Å²) in [6, 6.07) is 7.05. The Hall–Kier alpha value is -1.81. The highest BCUT2D eigenvalue weighted by molar-refractivity contribution is 5.84. The Kier molecular flexibility index (Phi) is 2.57. The number of carboxylic acid groups (broad SMARTS) is 1. The van der Waals surface area contributed by atoms with E-state index in [1.54, 1.807) is 0 Å². The number of likely N-dealkylation sites (N-methyl/N-ethyl adjacent to an activating group) is 1. The number of hydrogen-bond acceptors (Lipinski definition) is 2. The number of carboxylic acids is 1. The van der Waals surface area contributed by atoms with Gasteiger partial charge >= 0.3 is 5.97 Å². The molecule has 0 aliphatic heterocycles. The van der Waals surface area contributed by atoms with E-state index in [1.165, 1.54) is 0 Å². The van der Waals surface area contributed by atoms with E-state index in [4.69, 9.17) is 6.48 Å². The fraction of sp³-hybridized carbons (Fsp3) is 0.250. The average Bonchev–Trinajstić information content (AvgIpc) is 2.72. The van der Waals surface area contributed by atoms with Crippen LogP contribution in [0.25, 0.3) is 10.9 Å².